The Kier molecular flexibility index (Phi) is 5.42. The van der Waals surface area contributed by atoms with Gasteiger partial charge in [0.05, 0.1) is 16.4 Å². The molecule has 0 saturated carbocycles. The predicted octanol–water partition coefficient (Wildman–Crippen LogP) is 0.305. The number of sulfone groups is 1. The number of piperazine rings is 1. The Balaban J connectivity index is 1.44. The van der Waals surface area contributed by atoms with Crippen molar-refractivity contribution >= 4 is 21.4 Å². The number of rotatable bonds is 5. The van der Waals surface area contributed by atoms with Crippen molar-refractivity contribution in [3.63, 3.8) is 0 Å². The number of carbonyl (C=O) groups is 1. The van der Waals surface area contributed by atoms with Gasteiger partial charge in [-0.25, -0.2) is 8.42 Å². The van der Waals surface area contributed by atoms with Crippen LogP contribution in [-0.4, -0.2) is 79.4 Å². The highest BCUT2D eigenvalue weighted by Gasteiger charge is 2.34. The molecular formula is C16H21N3O6S. The molecule has 2 aliphatic heterocycles. The van der Waals surface area contributed by atoms with Gasteiger partial charge in [0.25, 0.3) is 11.6 Å². The van der Waals surface area contributed by atoms with Crippen LogP contribution in [0.15, 0.2) is 24.3 Å². The summed E-state index contributed by atoms with van der Waals surface area (Å²) in [5, 5.41) is 10.6. The van der Waals surface area contributed by atoms with Gasteiger partial charge in [0.2, 0.25) is 0 Å². The highest BCUT2D eigenvalue weighted by Crippen LogP contribution is 2.20. The number of carbonyl (C=O) groups excluding carboxylic acids is 1. The molecule has 2 saturated heterocycles. The minimum atomic E-state index is -2.91. The summed E-state index contributed by atoms with van der Waals surface area (Å²) in [6.07, 6.45) is 0.666. The average molecular weight is 383 g/mol. The average Bonchev–Trinajstić information content (AvgIpc) is 3.00. The quantitative estimate of drug-likeness (QED) is 0.531. The van der Waals surface area contributed by atoms with E-state index in [9.17, 15) is 23.3 Å². The number of nitrogens with zero attached hydrogens (tertiary/aromatic N) is 3. The first-order chi connectivity index (χ1) is 12.3. The Bertz CT molecular complexity index is 772. The molecule has 1 amide bonds. The van der Waals surface area contributed by atoms with E-state index in [1.54, 1.807) is 4.90 Å². The zero-order valence-corrected chi connectivity index (χ0v) is 15.1. The molecule has 2 fully saturated rings. The van der Waals surface area contributed by atoms with E-state index < -0.39 is 14.8 Å². The van der Waals surface area contributed by atoms with Gasteiger partial charge in [0, 0.05) is 44.4 Å². The van der Waals surface area contributed by atoms with Gasteiger partial charge in [0.15, 0.2) is 16.4 Å². The molecular weight excluding hydrogens is 362 g/mol. The summed E-state index contributed by atoms with van der Waals surface area (Å²) in [5.74, 6) is 0.713. The number of amides is 1. The zero-order valence-electron chi connectivity index (χ0n) is 14.2. The second-order valence-electron chi connectivity index (χ2n) is 6.51. The third kappa shape index (κ3) is 4.50. The summed E-state index contributed by atoms with van der Waals surface area (Å²) in [5.41, 5.74) is -0.0336. The van der Waals surface area contributed by atoms with E-state index in [2.05, 4.69) is 4.90 Å². The first-order valence-electron chi connectivity index (χ1n) is 8.43. The molecule has 26 heavy (non-hydrogen) atoms. The molecule has 1 aromatic rings. The number of hydrogen-bond donors (Lipinski definition) is 0. The first-order valence-corrected chi connectivity index (χ1v) is 10.3. The number of nitro benzene ring substituents is 1. The third-order valence-electron chi connectivity index (χ3n) is 4.80. The Labute approximate surface area is 151 Å². The molecule has 0 spiro atoms. The number of nitro groups is 1. The van der Waals surface area contributed by atoms with Crippen molar-refractivity contribution in [3.05, 3.63) is 34.4 Å². The highest BCUT2D eigenvalue weighted by atomic mass is 32.2. The van der Waals surface area contributed by atoms with Crippen LogP contribution in [0, 0.1) is 10.1 Å². The van der Waals surface area contributed by atoms with Gasteiger partial charge in [-0.1, -0.05) is 0 Å². The smallest absolute Gasteiger partial charge is 0.269 e. The van der Waals surface area contributed by atoms with Gasteiger partial charge < -0.3 is 9.64 Å². The number of benzene rings is 1. The minimum Gasteiger partial charge on any atom is -0.484 e. The van der Waals surface area contributed by atoms with Gasteiger partial charge >= 0.3 is 0 Å². The monoisotopic (exact) mass is 383 g/mol. The lowest BCUT2D eigenvalue weighted by atomic mass is 10.2. The summed E-state index contributed by atoms with van der Waals surface area (Å²) in [6, 6.07) is 5.64. The fraction of sp³-hybridized carbons (Fsp3) is 0.562. The summed E-state index contributed by atoms with van der Waals surface area (Å²) in [7, 11) is -2.91. The summed E-state index contributed by atoms with van der Waals surface area (Å²) in [6.45, 7) is 2.26. The standard InChI is InChI=1S/C16H21N3O6S/c20-16(11-25-15-3-1-13(2-4-15)19(21)22)18-8-6-17(7-9-18)14-5-10-26(23,24)12-14/h1-4,14H,5-12H2. The molecule has 0 bridgehead atoms. The maximum absolute atomic E-state index is 12.3. The van der Waals surface area contributed by atoms with E-state index in [4.69, 9.17) is 4.74 Å². The number of hydrogen-bond acceptors (Lipinski definition) is 7. The molecule has 0 N–H and O–H groups in total. The molecule has 1 unspecified atom stereocenters. The lowest BCUT2D eigenvalue weighted by Gasteiger charge is -2.37. The van der Waals surface area contributed by atoms with Crippen LogP contribution in [0.1, 0.15) is 6.42 Å². The molecule has 9 nitrogen and oxygen atoms in total. The molecule has 2 aliphatic rings. The Morgan fingerprint density at radius 2 is 1.85 bits per heavy atom. The molecule has 2 heterocycles. The van der Waals surface area contributed by atoms with Gasteiger partial charge in [-0.2, -0.15) is 0 Å². The topological polar surface area (TPSA) is 110 Å². The van der Waals surface area contributed by atoms with Crippen molar-refractivity contribution in [2.24, 2.45) is 0 Å². The molecule has 3 rings (SSSR count). The van der Waals surface area contributed by atoms with Crippen LogP contribution < -0.4 is 4.74 Å². The van der Waals surface area contributed by atoms with Gasteiger partial charge in [-0.15, -0.1) is 0 Å². The Hall–Kier alpha value is -2.20. The van der Waals surface area contributed by atoms with Crippen LogP contribution in [0.25, 0.3) is 0 Å². The van der Waals surface area contributed by atoms with E-state index in [0.717, 1.165) is 0 Å². The van der Waals surface area contributed by atoms with Gasteiger partial charge in [-0.05, 0) is 18.6 Å². The largest absolute Gasteiger partial charge is 0.484 e. The molecule has 1 atom stereocenters. The van der Waals surface area contributed by atoms with Crippen LogP contribution in [-0.2, 0) is 14.6 Å². The maximum Gasteiger partial charge on any atom is 0.269 e. The van der Waals surface area contributed by atoms with Crippen molar-refractivity contribution in [2.75, 3.05) is 44.3 Å². The normalized spacial score (nSPS) is 22.9. The molecule has 10 heteroatoms. The van der Waals surface area contributed by atoms with Crippen molar-refractivity contribution < 1.29 is 22.9 Å². The third-order valence-corrected chi connectivity index (χ3v) is 6.55. The number of non-ortho nitro benzene ring substituents is 1. The molecule has 1 aromatic carbocycles. The second-order valence-corrected chi connectivity index (χ2v) is 8.74. The molecule has 142 valence electrons. The van der Waals surface area contributed by atoms with Crippen LogP contribution in [0.4, 0.5) is 5.69 Å². The lowest BCUT2D eigenvalue weighted by Crippen LogP contribution is -2.53. The Morgan fingerprint density at radius 3 is 2.38 bits per heavy atom. The zero-order chi connectivity index (χ0) is 18.7. The van der Waals surface area contributed by atoms with E-state index in [0.29, 0.717) is 38.3 Å². The predicted molar refractivity (Wildman–Crippen MR) is 93.8 cm³/mol. The van der Waals surface area contributed by atoms with Crippen molar-refractivity contribution in [2.45, 2.75) is 12.5 Å². The fourth-order valence-electron chi connectivity index (χ4n) is 3.30. The van der Waals surface area contributed by atoms with Crippen molar-refractivity contribution in [1.29, 1.82) is 0 Å². The van der Waals surface area contributed by atoms with Crippen molar-refractivity contribution in [3.8, 4) is 5.75 Å². The van der Waals surface area contributed by atoms with Crippen LogP contribution >= 0.6 is 0 Å². The highest BCUT2D eigenvalue weighted by molar-refractivity contribution is 7.91. The fourth-order valence-corrected chi connectivity index (χ4v) is 5.06. The SMILES string of the molecule is O=C(COc1ccc([N+](=O)[O-])cc1)N1CCN(C2CCS(=O)(=O)C2)CC1. The minimum absolute atomic E-state index is 0.0336. The van der Waals surface area contributed by atoms with E-state index >= 15 is 0 Å². The van der Waals surface area contributed by atoms with Crippen molar-refractivity contribution in [1.82, 2.24) is 9.80 Å². The Morgan fingerprint density at radius 1 is 1.19 bits per heavy atom. The van der Waals surface area contributed by atoms with E-state index in [1.165, 1.54) is 24.3 Å². The van der Waals surface area contributed by atoms with E-state index in [1.807, 2.05) is 0 Å². The molecule has 0 radical (unpaired) electrons. The maximum atomic E-state index is 12.3. The first kappa shape index (κ1) is 18.6. The summed E-state index contributed by atoms with van der Waals surface area (Å²) in [4.78, 5) is 26.2. The lowest BCUT2D eigenvalue weighted by molar-refractivity contribution is -0.384. The van der Waals surface area contributed by atoms with Crippen LogP contribution in [0.3, 0.4) is 0 Å². The second kappa shape index (κ2) is 7.58. The van der Waals surface area contributed by atoms with Gasteiger partial charge in [-0.3, -0.25) is 19.8 Å². The van der Waals surface area contributed by atoms with E-state index in [-0.39, 0.29) is 35.7 Å². The number of ether oxygens (including phenoxy) is 1. The summed E-state index contributed by atoms with van der Waals surface area (Å²) < 4.78 is 28.6. The molecule has 0 aliphatic carbocycles. The van der Waals surface area contributed by atoms with Crippen LogP contribution in [0.5, 0.6) is 5.75 Å². The molecule has 0 aromatic heterocycles. The summed E-state index contributed by atoms with van der Waals surface area (Å²) >= 11 is 0. The van der Waals surface area contributed by atoms with Crippen LogP contribution in [0.2, 0.25) is 0 Å². The van der Waals surface area contributed by atoms with Gasteiger partial charge in [0.1, 0.15) is 5.75 Å².